The van der Waals surface area contributed by atoms with Gasteiger partial charge in [-0.2, -0.15) is 0 Å². The number of ether oxygens (including phenoxy) is 9. The van der Waals surface area contributed by atoms with Crippen LogP contribution in [0.2, 0.25) is 0 Å². The lowest BCUT2D eigenvalue weighted by atomic mass is 9.89. The van der Waals surface area contributed by atoms with E-state index in [4.69, 9.17) is 33.2 Å². The fourth-order valence-electron chi connectivity index (χ4n) is 13.4. The van der Waals surface area contributed by atoms with E-state index in [1.54, 1.807) is 36.7 Å². The second-order valence-corrected chi connectivity index (χ2v) is 29.2. The van der Waals surface area contributed by atoms with E-state index in [9.17, 15) is 33.9 Å². The Bertz CT molecular complexity index is 4680. The van der Waals surface area contributed by atoms with Gasteiger partial charge in [-0.1, -0.05) is 106 Å². The molecule has 0 radical (unpaired) electrons. The summed E-state index contributed by atoms with van der Waals surface area (Å²) in [6.45, 7) is 16.0. The molecule has 2 atom stereocenters. The molecular weight excluding hydrogens is 1480 g/mol. The van der Waals surface area contributed by atoms with Crippen LogP contribution in [0.4, 0.5) is 21.6 Å². The number of aromatic nitrogens is 4. The van der Waals surface area contributed by atoms with Crippen molar-refractivity contribution in [1.82, 2.24) is 25.3 Å². The summed E-state index contributed by atoms with van der Waals surface area (Å²) in [4.78, 5) is 101. The molecule has 27 heteroatoms. The monoisotopic (exact) mass is 1580 g/mol. The quantitative estimate of drug-likeness (QED) is 0.0122. The summed E-state index contributed by atoms with van der Waals surface area (Å²) >= 11 is 2.98. The molecule has 2 aliphatic heterocycles. The highest BCUT2D eigenvalue weighted by atomic mass is 32.1. The number of carbonyl (C=O) groups is 6. The van der Waals surface area contributed by atoms with Gasteiger partial charge in [0, 0.05) is 117 Å². The molecule has 2 fully saturated rings. The molecule has 0 aliphatic carbocycles. The number of amides is 1. The number of nitrogens with zero attached hydrogens (tertiary/aromatic N) is 6. The first-order chi connectivity index (χ1) is 55.1. The van der Waals surface area contributed by atoms with Crippen LogP contribution in [0.25, 0.3) is 21.8 Å². The van der Waals surface area contributed by atoms with Gasteiger partial charge in [0.25, 0.3) is 5.91 Å². The summed E-state index contributed by atoms with van der Waals surface area (Å²) in [6.07, 6.45) is 17.3. The zero-order chi connectivity index (χ0) is 79.9. The molecule has 0 bridgehead atoms. The molecule has 4 N–H and O–H groups in total. The Morgan fingerprint density at radius 3 is 1.39 bits per heavy atom. The number of nitrogens with one attached hydrogen (secondary N) is 3. The SMILES string of the molecule is CCCCC(CC(=O)c1cnc(N2CCN(c3ccc(O)cc3)CC2)s1)Cc1c[nH]c2ccccc12.CCCCC(Cc1c[nH]c2ccccc12)NC(=O)c1cnc(N2CCN(c3ccc(OCCOCCOc4ccc(C(=O)OC)c(C(=O)OC)c4)cc3)CC2)s1.CCCOCCOc1ccc(C(=O)OC)c(C(=O)OC)c1. The van der Waals surface area contributed by atoms with Crippen LogP contribution in [-0.2, 0) is 41.3 Å². The van der Waals surface area contributed by atoms with Crippen LogP contribution in [0.5, 0.6) is 23.0 Å². The highest BCUT2D eigenvalue weighted by molar-refractivity contribution is 7.17. The lowest BCUT2D eigenvalue weighted by molar-refractivity contribution is 0.0554. The normalized spacial score (nSPS) is 13.2. The van der Waals surface area contributed by atoms with Crippen molar-refractivity contribution in [3.63, 3.8) is 0 Å². The third-order valence-corrected chi connectivity index (χ3v) is 21.6. The second kappa shape index (κ2) is 43.7. The molecule has 2 saturated heterocycles. The van der Waals surface area contributed by atoms with Gasteiger partial charge in [0.1, 0.15) is 47.7 Å². The number of unbranched alkanes of at least 4 members (excludes halogenated alkanes) is 2. The standard InChI is InChI=1S/C42H49N5O8S.C29H34N4O2S.C15H20O6/c1-4-5-8-30(25-29-27-43-37-10-7-6-9-34(29)37)45-39(48)38-28-44-42(56-38)47-19-17-46(18-20-47)31-11-13-32(14-12-31)54-23-21-53-22-24-55-33-15-16-35(40(49)51-2)36(26-33)41(50)52-3;1-2-3-6-21(17-22-19-30-26-8-5-4-7-25(22)26)18-27(35)28-20-31-29(36-28)33-15-13-32(14-16-33)23-9-11-24(34)12-10-23;1-4-7-20-8-9-21-11-5-6-12(14(16)18-2)13(10-11)15(17)19-3/h6-7,9-16,26-28,30,43H,4-5,8,17-25H2,1-3H3,(H,45,48);4-5,7-12,19-21,30,34H,2-3,6,13-18H2,1H3;5-6,10H,4,7-9H2,1-3H3. The van der Waals surface area contributed by atoms with Gasteiger partial charge in [0.2, 0.25) is 0 Å². The summed E-state index contributed by atoms with van der Waals surface area (Å²) in [7, 11) is 4.98. The van der Waals surface area contributed by atoms with E-state index < -0.39 is 23.9 Å². The van der Waals surface area contributed by atoms with Gasteiger partial charge in [0.15, 0.2) is 16.0 Å². The second-order valence-electron chi connectivity index (χ2n) is 27.2. The van der Waals surface area contributed by atoms with E-state index >= 15 is 0 Å². The van der Waals surface area contributed by atoms with Crippen molar-refractivity contribution in [3.8, 4) is 23.0 Å². The third-order valence-electron chi connectivity index (χ3n) is 19.4. The Hall–Kier alpha value is -11.0. The fourth-order valence-corrected chi connectivity index (χ4v) is 15.2. The van der Waals surface area contributed by atoms with Crippen LogP contribution < -0.4 is 39.1 Å². The number of esters is 4. The van der Waals surface area contributed by atoms with Gasteiger partial charge < -0.3 is 82.6 Å². The van der Waals surface area contributed by atoms with Crippen LogP contribution in [0.3, 0.4) is 0 Å². The van der Waals surface area contributed by atoms with Crippen molar-refractivity contribution in [2.75, 3.05) is 147 Å². The molecule has 12 rings (SSSR count). The number of methoxy groups -OCH3 is 4. The number of rotatable bonds is 37. The number of hydrogen-bond acceptors (Lipinski definition) is 24. The number of H-pyrrole nitrogens is 2. The number of phenolic OH excluding ortho intramolecular Hbond substituents is 1. The van der Waals surface area contributed by atoms with Gasteiger partial charge in [-0.3, -0.25) is 9.59 Å². The lowest BCUT2D eigenvalue weighted by Gasteiger charge is -2.36. The van der Waals surface area contributed by atoms with Gasteiger partial charge in [0.05, 0.1) is 87.8 Å². The third kappa shape index (κ3) is 24.3. The summed E-state index contributed by atoms with van der Waals surface area (Å²) < 4.78 is 46.7. The smallest absolute Gasteiger partial charge is 0.338 e. The summed E-state index contributed by atoms with van der Waals surface area (Å²) in [5.41, 5.74) is 7.45. The minimum absolute atomic E-state index is 0.0465. The minimum Gasteiger partial charge on any atom is -0.508 e. The highest BCUT2D eigenvalue weighted by Crippen LogP contribution is 2.33. The number of fused-ring (bicyclic) bond motifs is 2. The maximum Gasteiger partial charge on any atom is 0.338 e. The number of thiazole rings is 2. The van der Waals surface area contributed by atoms with E-state index in [2.05, 4.69) is 135 Å². The highest BCUT2D eigenvalue weighted by Gasteiger charge is 2.27. The average molecular weight is 1580 g/mol. The zero-order valence-corrected chi connectivity index (χ0v) is 67.0. The number of phenols is 1. The van der Waals surface area contributed by atoms with Crippen LogP contribution in [0.15, 0.2) is 158 Å². The molecule has 6 heterocycles. The maximum atomic E-state index is 13.4. The number of hydrogen-bond donors (Lipinski definition) is 4. The number of aromatic hydroxyl groups is 1. The first-order valence-corrected chi connectivity index (χ1v) is 40.1. The van der Waals surface area contributed by atoms with Gasteiger partial charge >= 0.3 is 23.9 Å². The van der Waals surface area contributed by atoms with E-state index in [0.29, 0.717) is 68.4 Å². The number of ketones is 1. The van der Waals surface area contributed by atoms with Crippen LogP contribution in [0, 0.1) is 5.92 Å². The molecule has 6 aromatic carbocycles. The molecule has 4 aromatic heterocycles. The number of aromatic amines is 2. The zero-order valence-electron chi connectivity index (χ0n) is 65.4. The van der Waals surface area contributed by atoms with Crippen molar-refractivity contribution >= 4 is 102 Å². The van der Waals surface area contributed by atoms with E-state index in [-0.39, 0.29) is 52.3 Å². The molecule has 0 saturated carbocycles. The first-order valence-electron chi connectivity index (χ1n) is 38.5. The van der Waals surface area contributed by atoms with Crippen LogP contribution >= 0.6 is 22.7 Å². The molecular formula is C86H103N9O16S2. The van der Waals surface area contributed by atoms with E-state index in [1.165, 1.54) is 97.3 Å². The molecule has 10 aromatic rings. The molecule has 600 valence electrons. The van der Waals surface area contributed by atoms with Gasteiger partial charge in [-0.05, 0) is 146 Å². The molecule has 113 heavy (non-hydrogen) atoms. The van der Waals surface area contributed by atoms with Gasteiger partial charge in [-0.15, -0.1) is 0 Å². The Morgan fingerprint density at radius 2 is 0.894 bits per heavy atom. The van der Waals surface area contributed by atoms with Crippen molar-refractivity contribution < 1.29 is 76.5 Å². The molecule has 0 spiro atoms. The number of Topliss-reactive ketones (excluding diaryl/α,β-unsaturated/α-hetero) is 1. The van der Waals surface area contributed by atoms with E-state index in [1.807, 2.05) is 37.3 Å². The summed E-state index contributed by atoms with van der Waals surface area (Å²) in [5.74, 6) is -0.138. The maximum absolute atomic E-state index is 13.4. The predicted octanol–water partition coefficient (Wildman–Crippen LogP) is 14.9. The number of carbonyl (C=O) groups excluding carboxylic acids is 6. The minimum atomic E-state index is -0.659. The number of para-hydroxylation sites is 2. The molecule has 2 aliphatic rings. The van der Waals surface area contributed by atoms with Crippen molar-refractivity contribution in [2.24, 2.45) is 5.92 Å². The lowest BCUT2D eigenvalue weighted by Crippen LogP contribution is -2.46. The summed E-state index contributed by atoms with van der Waals surface area (Å²) in [5, 5.41) is 17.1. The average Bonchev–Trinajstić information content (AvgIpc) is 1.70. The number of piperazine rings is 2. The van der Waals surface area contributed by atoms with Crippen molar-refractivity contribution in [2.45, 2.75) is 91.0 Å². The van der Waals surface area contributed by atoms with E-state index in [0.717, 1.165) is 153 Å². The molecule has 25 nitrogen and oxygen atoms in total. The Labute approximate surface area is 667 Å². The van der Waals surface area contributed by atoms with Crippen LogP contribution in [0.1, 0.15) is 144 Å². The van der Waals surface area contributed by atoms with Crippen molar-refractivity contribution in [1.29, 1.82) is 0 Å². The largest absolute Gasteiger partial charge is 0.508 e. The number of benzene rings is 6. The predicted molar refractivity (Wildman–Crippen MR) is 441 cm³/mol. The number of anilines is 4. The molecule has 1 amide bonds. The first kappa shape index (κ1) is 84.4. The van der Waals surface area contributed by atoms with Crippen molar-refractivity contribution in [3.05, 3.63) is 201 Å². The Balaban J connectivity index is 0.000000202. The fraction of sp³-hybridized carbons (Fsp3) is 0.395. The molecule has 2 unspecified atom stereocenters. The summed E-state index contributed by atoms with van der Waals surface area (Å²) in [6, 6.07) is 41.2. The Kier molecular flexibility index (Phi) is 32.7. The topological polar surface area (TPSA) is 288 Å². The Morgan fingerprint density at radius 1 is 0.469 bits per heavy atom. The van der Waals surface area contributed by atoms with Crippen LogP contribution in [-0.4, -0.2) is 194 Å². The van der Waals surface area contributed by atoms with Gasteiger partial charge in [-0.25, -0.2) is 29.1 Å².